The molecule has 23 heavy (non-hydrogen) atoms. The Bertz CT molecular complexity index is 701. The highest BCUT2D eigenvalue weighted by atomic mass is 19.1. The number of halogens is 1. The van der Waals surface area contributed by atoms with Crippen LogP contribution in [0, 0.1) is 12.7 Å². The molecule has 0 heterocycles. The van der Waals surface area contributed by atoms with Crippen LogP contribution < -0.4 is 10.1 Å². The summed E-state index contributed by atoms with van der Waals surface area (Å²) in [6.07, 6.45) is 1.70. The van der Waals surface area contributed by atoms with Crippen molar-refractivity contribution in [1.82, 2.24) is 4.90 Å². The van der Waals surface area contributed by atoms with Gasteiger partial charge in [-0.25, -0.2) is 9.38 Å². The third kappa shape index (κ3) is 4.22. The highest BCUT2D eigenvalue weighted by Crippen LogP contribution is 2.31. The van der Waals surface area contributed by atoms with Gasteiger partial charge in [-0.05, 0) is 37.6 Å². The molecule has 0 bridgehead atoms. The van der Waals surface area contributed by atoms with Crippen molar-refractivity contribution in [2.75, 3.05) is 26.0 Å². The van der Waals surface area contributed by atoms with Crippen molar-refractivity contribution in [2.24, 2.45) is 4.99 Å². The van der Waals surface area contributed by atoms with Crippen LogP contribution in [0.15, 0.2) is 41.4 Å². The van der Waals surface area contributed by atoms with Crippen LogP contribution in [0.5, 0.6) is 5.75 Å². The Kier molecular flexibility index (Phi) is 5.57. The summed E-state index contributed by atoms with van der Waals surface area (Å²) in [5, 5.41) is 3.07. The van der Waals surface area contributed by atoms with E-state index in [9.17, 15) is 4.39 Å². The molecule has 0 amide bonds. The molecule has 0 fully saturated rings. The Morgan fingerprint density at radius 1 is 1.26 bits per heavy atom. The smallest absolute Gasteiger partial charge is 0.148 e. The van der Waals surface area contributed by atoms with Crippen LogP contribution in [-0.4, -0.2) is 31.9 Å². The molecule has 0 saturated carbocycles. The van der Waals surface area contributed by atoms with E-state index in [4.69, 9.17) is 4.74 Å². The molecule has 0 atom stereocenters. The summed E-state index contributed by atoms with van der Waals surface area (Å²) in [5.41, 5.74) is 2.63. The van der Waals surface area contributed by atoms with Gasteiger partial charge in [0.05, 0.1) is 30.5 Å². The molecule has 122 valence electrons. The van der Waals surface area contributed by atoms with E-state index >= 15 is 0 Å². The van der Waals surface area contributed by atoms with Crippen LogP contribution in [0.3, 0.4) is 0 Å². The fraction of sp³-hybridized carbons (Fsp3) is 0.278. The van der Waals surface area contributed by atoms with E-state index in [-0.39, 0.29) is 5.82 Å². The number of hydrogen-bond donors (Lipinski definition) is 1. The number of nitrogens with one attached hydrogen (secondary N) is 1. The SMILES string of the molecule is CCN(C)/C=N/c1cc(F)c(Nc2ccccc2OC)cc1C. The molecule has 0 aromatic heterocycles. The van der Waals surface area contributed by atoms with Gasteiger partial charge in [0.15, 0.2) is 0 Å². The quantitative estimate of drug-likeness (QED) is 0.630. The van der Waals surface area contributed by atoms with Crippen LogP contribution in [0.1, 0.15) is 12.5 Å². The van der Waals surface area contributed by atoms with E-state index in [0.717, 1.165) is 17.8 Å². The van der Waals surface area contributed by atoms with Crippen LogP contribution in [0.2, 0.25) is 0 Å². The van der Waals surface area contributed by atoms with Gasteiger partial charge in [0, 0.05) is 19.7 Å². The number of hydrogen-bond acceptors (Lipinski definition) is 3. The molecular weight excluding hydrogens is 293 g/mol. The molecule has 0 aliphatic rings. The zero-order chi connectivity index (χ0) is 16.8. The number of nitrogens with zero attached hydrogens (tertiary/aromatic N) is 2. The van der Waals surface area contributed by atoms with Gasteiger partial charge in [-0.3, -0.25) is 0 Å². The van der Waals surface area contributed by atoms with Crippen LogP contribution >= 0.6 is 0 Å². The molecule has 4 nitrogen and oxygen atoms in total. The van der Waals surface area contributed by atoms with Crippen molar-refractivity contribution in [3.05, 3.63) is 47.8 Å². The van der Waals surface area contributed by atoms with E-state index in [2.05, 4.69) is 10.3 Å². The average Bonchev–Trinajstić information content (AvgIpc) is 2.56. The minimum absolute atomic E-state index is 0.354. The number of rotatable bonds is 6. The number of aryl methyl sites for hydroxylation is 1. The first-order valence-electron chi connectivity index (χ1n) is 7.49. The van der Waals surface area contributed by atoms with Gasteiger partial charge in [-0.2, -0.15) is 0 Å². The summed E-state index contributed by atoms with van der Waals surface area (Å²) in [5.74, 6) is 0.309. The average molecular weight is 315 g/mol. The fourth-order valence-electron chi connectivity index (χ4n) is 2.04. The Morgan fingerprint density at radius 3 is 2.70 bits per heavy atom. The van der Waals surface area contributed by atoms with Gasteiger partial charge in [0.25, 0.3) is 0 Å². The number of para-hydroxylation sites is 2. The molecule has 0 aliphatic carbocycles. The topological polar surface area (TPSA) is 36.9 Å². The summed E-state index contributed by atoms with van der Waals surface area (Å²) in [4.78, 5) is 6.26. The fourth-order valence-corrected chi connectivity index (χ4v) is 2.04. The van der Waals surface area contributed by atoms with Gasteiger partial charge < -0.3 is 15.0 Å². The summed E-state index contributed by atoms with van der Waals surface area (Å²) in [6, 6.07) is 10.6. The lowest BCUT2D eigenvalue weighted by molar-refractivity contribution is 0.417. The second-order valence-electron chi connectivity index (χ2n) is 5.26. The second kappa shape index (κ2) is 7.63. The molecule has 2 aromatic rings. The predicted octanol–water partition coefficient (Wildman–Crippen LogP) is 4.50. The van der Waals surface area contributed by atoms with Crippen LogP contribution in [0.25, 0.3) is 0 Å². The van der Waals surface area contributed by atoms with E-state index in [1.54, 1.807) is 19.5 Å². The minimum Gasteiger partial charge on any atom is -0.495 e. The second-order valence-corrected chi connectivity index (χ2v) is 5.26. The van der Waals surface area contributed by atoms with E-state index in [1.165, 1.54) is 6.07 Å². The van der Waals surface area contributed by atoms with Gasteiger partial charge in [-0.1, -0.05) is 12.1 Å². The maximum atomic E-state index is 14.4. The first kappa shape index (κ1) is 16.8. The largest absolute Gasteiger partial charge is 0.495 e. The minimum atomic E-state index is -0.354. The van der Waals surface area contributed by atoms with E-state index in [0.29, 0.717) is 17.1 Å². The third-order valence-corrected chi connectivity index (χ3v) is 3.55. The monoisotopic (exact) mass is 315 g/mol. The van der Waals surface area contributed by atoms with Gasteiger partial charge in [0.1, 0.15) is 11.6 Å². The van der Waals surface area contributed by atoms with E-state index in [1.807, 2.05) is 50.1 Å². The Labute approximate surface area is 136 Å². The lowest BCUT2D eigenvalue weighted by atomic mass is 10.1. The first-order chi connectivity index (χ1) is 11.0. The zero-order valence-electron chi connectivity index (χ0n) is 13.9. The van der Waals surface area contributed by atoms with Crippen molar-refractivity contribution >= 4 is 23.4 Å². The maximum Gasteiger partial charge on any atom is 0.148 e. The Balaban J connectivity index is 2.28. The molecule has 0 radical (unpaired) electrons. The Hall–Kier alpha value is -2.56. The number of anilines is 2. The van der Waals surface area contributed by atoms with E-state index < -0.39 is 0 Å². The lowest BCUT2D eigenvalue weighted by Gasteiger charge is -2.13. The highest BCUT2D eigenvalue weighted by molar-refractivity contribution is 5.70. The molecule has 2 aromatic carbocycles. The zero-order valence-corrected chi connectivity index (χ0v) is 13.9. The predicted molar refractivity (Wildman–Crippen MR) is 93.9 cm³/mol. The maximum absolute atomic E-state index is 14.4. The first-order valence-corrected chi connectivity index (χ1v) is 7.49. The van der Waals surface area contributed by atoms with Crippen molar-refractivity contribution < 1.29 is 9.13 Å². The lowest BCUT2D eigenvalue weighted by Crippen LogP contribution is -2.14. The van der Waals surface area contributed by atoms with Crippen LogP contribution in [-0.2, 0) is 0 Å². The van der Waals surface area contributed by atoms with Gasteiger partial charge in [-0.15, -0.1) is 0 Å². The highest BCUT2D eigenvalue weighted by Gasteiger charge is 2.09. The third-order valence-electron chi connectivity index (χ3n) is 3.55. The summed E-state index contributed by atoms with van der Waals surface area (Å²) in [7, 11) is 3.51. The van der Waals surface area contributed by atoms with Gasteiger partial charge >= 0.3 is 0 Å². The molecule has 1 N–H and O–H groups in total. The van der Waals surface area contributed by atoms with Gasteiger partial charge in [0.2, 0.25) is 0 Å². The summed E-state index contributed by atoms with van der Waals surface area (Å²) < 4.78 is 19.6. The molecule has 2 rings (SSSR count). The number of methoxy groups -OCH3 is 1. The summed E-state index contributed by atoms with van der Waals surface area (Å²) >= 11 is 0. The molecule has 5 heteroatoms. The Morgan fingerprint density at radius 2 is 2.00 bits per heavy atom. The number of benzene rings is 2. The molecular formula is C18H22FN3O. The normalized spacial score (nSPS) is 10.8. The summed E-state index contributed by atoms with van der Waals surface area (Å²) in [6.45, 7) is 4.78. The van der Waals surface area contributed by atoms with Crippen molar-refractivity contribution in [3.8, 4) is 5.75 Å². The number of ether oxygens (including phenoxy) is 1. The molecule has 0 spiro atoms. The standard InChI is InChI=1S/C18H22FN3O/c1-5-22(3)12-20-16-11-14(19)17(10-13(16)2)21-15-8-6-7-9-18(15)23-4/h6-12,21H,5H2,1-4H3/b20-12+. The number of aliphatic imine (C=N–C) groups is 1. The molecule has 0 aliphatic heterocycles. The molecule has 0 saturated heterocycles. The van der Waals surface area contributed by atoms with Crippen molar-refractivity contribution in [1.29, 1.82) is 0 Å². The van der Waals surface area contributed by atoms with Crippen molar-refractivity contribution in [2.45, 2.75) is 13.8 Å². The van der Waals surface area contributed by atoms with Crippen molar-refractivity contribution in [3.63, 3.8) is 0 Å². The van der Waals surface area contributed by atoms with Crippen LogP contribution in [0.4, 0.5) is 21.5 Å². The molecule has 0 unspecified atom stereocenters.